The van der Waals surface area contributed by atoms with E-state index in [1.807, 2.05) is 48.5 Å². The number of rotatable bonds is 8. The molecule has 128 valence electrons. The first-order chi connectivity index (χ1) is 11.6. The Kier molecular flexibility index (Phi) is 6.49. The number of anilines is 1. The van der Waals surface area contributed by atoms with E-state index in [0.717, 1.165) is 11.3 Å². The maximum atomic E-state index is 12.2. The highest BCUT2D eigenvalue weighted by Crippen LogP contribution is 2.25. The van der Waals surface area contributed by atoms with Crippen molar-refractivity contribution in [2.24, 2.45) is 0 Å². The number of carbonyl (C=O) groups excluding carboxylic acids is 1. The van der Waals surface area contributed by atoms with Crippen molar-refractivity contribution >= 4 is 11.6 Å². The zero-order valence-corrected chi connectivity index (χ0v) is 14.2. The molecule has 2 N–H and O–H groups in total. The summed E-state index contributed by atoms with van der Waals surface area (Å²) in [5.41, 5.74) is 7.63. The van der Waals surface area contributed by atoms with Crippen LogP contribution < -0.4 is 15.2 Å². The summed E-state index contributed by atoms with van der Waals surface area (Å²) in [5.74, 6) is 1.44. The number of ether oxygens (including phenoxy) is 2. The minimum Gasteiger partial charge on any atom is -0.493 e. The molecule has 5 nitrogen and oxygen atoms in total. The molecule has 0 saturated carbocycles. The summed E-state index contributed by atoms with van der Waals surface area (Å²) in [6.45, 7) is 0.928. The first kappa shape index (κ1) is 17.7. The Morgan fingerprint density at radius 2 is 1.75 bits per heavy atom. The second kappa shape index (κ2) is 8.82. The number of benzene rings is 2. The van der Waals surface area contributed by atoms with Crippen molar-refractivity contribution in [3.8, 4) is 11.5 Å². The zero-order valence-electron chi connectivity index (χ0n) is 14.2. The van der Waals surface area contributed by atoms with Crippen LogP contribution in [0.5, 0.6) is 11.5 Å². The number of nitrogen functional groups attached to an aromatic ring is 1. The number of hydrogen-bond donors (Lipinski definition) is 1. The number of hydrogen-bond acceptors (Lipinski definition) is 4. The molecule has 0 saturated heterocycles. The Balaban J connectivity index is 1.76. The van der Waals surface area contributed by atoms with Gasteiger partial charge in [0.05, 0.1) is 13.7 Å². The number of nitrogens with zero attached hydrogens (tertiary/aromatic N) is 1. The van der Waals surface area contributed by atoms with E-state index in [1.54, 1.807) is 19.1 Å². The Morgan fingerprint density at radius 1 is 1.08 bits per heavy atom. The van der Waals surface area contributed by atoms with Gasteiger partial charge in [-0.1, -0.05) is 30.3 Å². The molecule has 0 radical (unpaired) electrons. The predicted molar refractivity (Wildman–Crippen MR) is 95.3 cm³/mol. The van der Waals surface area contributed by atoms with E-state index < -0.39 is 0 Å². The Hall–Kier alpha value is -2.69. The molecule has 0 aromatic heterocycles. The highest BCUT2D eigenvalue weighted by Gasteiger charge is 2.10. The fraction of sp³-hybridized carbons (Fsp3) is 0.316. The molecule has 2 aromatic carbocycles. The molecule has 0 aliphatic rings. The van der Waals surface area contributed by atoms with Crippen LogP contribution in [0, 0.1) is 0 Å². The van der Waals surface area contributed by atoms with Gasteiger partial charge in [-0.05, 0) is 30.2 Å². The van der Waals surface area contributed by atoms with Crippen LogP contribution in [0.4, 0.5) is 5.69 Å². The molecule has 2 aromatic rings. The van der Waals surface area contributed by atoms with Crippen LogP contribution in [0.25, 0.3) is 0 Å². The van der Waals surface area contributed by atoms with Crippen molar-refractivity contribution in [1.29, 1.82) is 0 Å². The summed E-state index contributed by atoms with van der Waals surface area (Å²) in [4.78, 5) is 13.9. The topological polar surface area (TPSA) is 64.8 Å². The second-order valence-electron chi connectivity index (χ2n) is 5.51. The lowest BCUT2D eigenvalue weighted by Gasteiger charge is -2.18. The van der Waals surface area contributed by atoms with E-state index in [1.165, 1.54) is 0 Å². The third-order valence-corrected chi connectivity index (χ3v) is 3.84. The molecule has 0 atom stereocenters. The Labute approximate surface area is 143 Å². The van der Waals surface area contributed by atoms with Crippen LogP contribution in [0.1, 0.15) is 12.0 Å². The number of para-hydroxylation sites is 3. The summed E-state index contributed by atoms with van der Waals surface area (Å²) in [6, 6.07) is 15.1. The van der Waals surface area contributed by atoms with Crippen LogP contribution in [0.2, 0.25) is 0 Å². The highest BCUT2D eigenvalue weighted by molar-refractivity contribution is 5.76. The van der Waals surface area contributed by atoms with Crippen molar-refractivity contribution in [3.05, 3.63) is 54.1 Å². The van der Waals surface area contributed by atoms with E-state index in [0.29, 0.717) is 37.5 Å². The van der Waals surface area contributed by atoms with Gasteiger partial charge in [-0.25, -0.2) is 0 Å². The van der Waals surface area contributed by atoms with Gasteiger partial charge in [0.2, 0.25) is 5.91 Å². The van der Waals surface area contributed by atoms with Gasteiger partial charge in [0.1, 0.15) is 6.61 Å². The van der Waals surface area contributed by atoms with Crippen LogP contribution in [0.15, 0.2) is 48.5 Å². The van der Waals surface area contributed by atoms with Crippen molar-refractivity contribution in [1.82, 2.24) is 4.90 Å². The smallest absolute Gasteiger partial charge is 0.222 e. The van der Waals surface area contributed by atoms with Gasteiger partial charge in [0.25, 0.3) is 0 Å². The maximum absolute atomic E-state index is 12.2. The molecule has 0 aliphatic carbocycles. The molecular weight excluding hydrogens is 304 g/mol. The summed E-state index contributed by atoms with van der Waals surface area (Å²) in [5, 5.41) is 0. The molecule has 0 spiro atoms. The third kappa shape index (κ3) is 4.91. The van der Waals surface area contributed by atoms with Crippen LogP contribution in [-0.2, 0) is 11.2 Å². The van der Waals surface area contributed by atoms with Gasteiger partial charge in [-0.2, -0.15) is 0 Å². The molecule has 2 rings (SSSR count). The molecule has 0 unspecified atom stereocenters. The number of aryl methyl sites for hydroxylation is 1. The van der Waals surface area contributed by atoms with Gasteiger partial charge in [0.15, 0.2) is 11.5 Å². The van der Waals surface area contributed by atoms with Gasteiger partial charge in [0, 0.05) is 19.2 Å². The second-order valence-corrected chi connectivity index (χ2v) is 5.51. The third-order valence-electron chi connectivity index (χ3n) is 3.84. The summed E-state index contributed by atoms with van der Waals surface area (Å²) < 4.78 is 10.9. The molecule has 24 heavy (non-hydrogen) atoms. The fourth-order valence-electron chi connectivity index (χ4n) is 2.35. The van der Waals surface area contributed by atoms with Crippen LogP contribution in [0.3, 0.4) is 0 Å². The molecule has 1 amide bonds. The number of carbonyl (C=O) groups is 1. The van der Waals surface area contributed by atoms with Gasteiger partial charge < -0.3 is 20.1 Å². The SMILES string of the molecule is COc1ccccc1OCCN(C)C(=O)CCc1ccccc1N. The lowest BCUT2D eigenvalue weighted by atomic mass is 10.1. The molecule has 0 fully saturated rings. The standard InChI is InChI=1S/C19H24N2O3/c1-21(13-14-24-18-10-6-5-9-17(18)23-2)19(22)12-11-15-7-3-4-8-16(15)20/h3-10H,11-14,20H2,1-2H3. The van der Waals surface area contributed by atoms with Crippen molar-refractivity contribution in [2.45, 2.75) is 12.8 Å². The lowest BCUT2D eigenvalue weighted by Crippen LogP contribution is -2.31. The maximum Gasteiger partial charge on any atom is 0.222 e. The first-order valence-corrected chi connectivity index (χ1v) is 7.95. The molecule has 5 heteroatoms. The van der Waals surface area contributed by atoms with E-state index in [4.69, 9.17) is 15.2 Å². The van der Waals surface area contributed by atoms with Gasteiger partial charge >= 0.3 is 0 Å². The van der Waals surface area contributed by atoms with E-state index in [2.05, 4.69) is 0 Å². The Bertz CT molecular complexity index is 673. The largest absolute Gasteiger partial charge is 0.493 e. The lowest BCUT2D eigenvalue weighted by molar-refractivity contribution is -0.130. The van der Waals surface area contributed by atoms with Gasteiger partial charge in [-0.3, -0.25) is 4.79 Å². The van der Waals surface area contributed by atoms with Crippen molar-refractivity contribution < 1.29 is 14.3 Å². The fourth-order valence-corrected chi connectivity index (χ4v) is 2.35. The van der Waals surface area contributed by atoms with Crippen molar-refractivity contribution in [3.63, 3.8) is 0 Å². The van der Waals surface area contributed by atoms with Gasteiger partial charge in [-0.15, -0.1) is 0 Å². The number of methoxy groups -OCH3 is 1. The molecular formula is C19H24N2O3. The molecule has 0 aliphatic heterocycles. The quantitative estimate of drug-likeness (QED) is 0.757. The normalized spacial score (nSPS) is 10.2. The predicted octanol–water partition coefficient (Wildman–Crippen LogP) is 2.75. The first-order valence-electron chi connectivity index (χ1n) is 7.95. The molecule has 0 heterocycles. The highest BCUT2D eigenvalue weighted by atomic mass is 16.5. The number of nitrogens with two attached hydrogens (primary N) is 1. The summed E-state index contributed by atoms with van der Waals surface area (Å²) in [6.07, 6.45) is 1.07. The average molecular weight is 328 g/mol. The summed E-state index contributed by atoms with van der Waals surface area (Å²) >= 11 is 0. The monoisotopic (exact) mass is 328 g/mol. The van der Waals surface area contributed by atoms with Crippen LogP contribution in [-0.4, -0.2) is 38.1 Å². The number of amides is 1. The van der Waals surface area contributed by atoms with Crippen LogP contribution >= 0.6 is 0 Å². The minimum atomic E-state index is 0.0712. The average Bonchev–Trinajstić information content (AvgIpc) is 2.61. The molecule has 0 bridgehead atoms. The van der Waals surface area contributed by atoms with E-state index in [9.17, 15) is 4.79 Å². The minimum absolute atomic E-state index is 0.0712. The number of likely N-dealkylation sites (N-methyl/N-ethyl adjacent to an activating group) is 1. The van der Waals surface area contributed by atoms with Crippen molar-refractivity contribution in [2.75, 3.05) is 33.0 Å². The Morgan fingerprint density at radius 3 is 2.46 bits per heavy atom. The van der Waals surface area contributed by atoms with E-state index >= 15 is 0 Å². The van der Waals surface area contributed by atoms with E-state index in [-0.39, 0.29) is 5.91 Å². The zero-order chi connectivity index (χ0) is 17.4. The summed E-state index contributed by atoms with van der Waals surface area (Å²) in [7, 11) is 3.38.